The number of fused-ring (bicyclic) bond motifs is 1. The molecule has 0 radical (unpaired) electrons. The first kappa shape index (κ1) is 18.9. The normalized spacial score (nSPS) is 20.9. The molecule has 26 heavy (non-hydrogen) atoms. The van der Waals surface area contributed by atoms with Crippen molar-refractivity contribution in [2.45, 2.75) is 52.1 Å². The molecule has 3 heterocycles. The summed E-state index contributed by atoms with van der Waals surface area (Å²) in [5, 5.41) is 7.39. The first-order chi connectivity index (χ1) is 12.5. The smallest absolute Gasteiger partial charge is 0.246 e. The van der Waals surface area contributed by atoms with Crippen LogP contribution in [0.25, 0.3) is 0 Å². The Hall–Kier alpha value is -1.89. The van der Waals surface area contributed by atoms with Gasteiger partial charge in [-0.25, -0.2) is 0 Å². The monoisotopic (exact) mass is 362 g/mol. The van der Waals surface area contributed by atoms with Crippen molar-refractivity contribution in [1.82, 2.24) is 20.0 Å². The number of nitrogens with one attached hydrogen (secondary N) is 1. The van der Waals surface area contributed by atoms with Crippen LogP contribution in [0.1, 0.15) is 51.3 Å². The van der Waals surface area contributed by atoms with Crippen molar-refractivity contribution < 1.29 is 14.3 Å². The predicted molar refractivity (Wildman–Crippen MR) is 97.3 cm³/mol. The van der Waals surface area contributed by atoms with Gasteiger partial charge in [-0.15, -0.1) is 0 Å². The molecule has 0 spiro atoms. The fraction of sp³-hybridized carbons (Fsp3) is 0.737. The van der Waals surface area contributed by atoms with Crippen molar-refractivity contribution in [2.75, 3.05) is 26.3 Å². The minimum Gasteiger partial charge on any atom is -0.381 e. The van der Waals surface area contributed by atoms with Crippen LogP contribution in [-0.4, -0.2) is 52.8 Å². The molecule has 1 fully saturated rings. The predicted octanol–water partition coefficient (Wildman–Crippen LogP) is 1.75. The van der Waals surface area contributed by atoms with Crippen LogP contribution in [0.5, 0.6) is 0 Å². The molecule has 1 aromatic heterocycles. The Morgan fingerprint density at radius 3 is 2.85 bits per heavy atom. The molecule has 2 aliphatic heterocycles. The minimum absolute atomic E-state index is 0.0530. The summed E-state index contributed by atoms with van der Waals surface area (Å²) in [5.74, 6) is 1.03. The summed E-state index contributed by atoms with van der Waals surface area (Å²) in [6.45, 7) is 7.36. The minimum atomic E-state index is -0.448. The molecule has 2 aliphatic rings. The molecular weight excluding hydrogens is 332 g/mol. The highest BCUT2D eigenvalue weighted by Crippen LogP contribution is 2.22. The van der Waals surface area contributed by atoms with E-state index in [0.717, 1.165) is 38.2 Å². The summed E-state index contributed by atoms with van der Waals surface area (Å²) in [7, 11) is 0. The lowest BCUT2D eigenvalue weighted by Gasteiger charge is -2.33. The molecule has 1 atom stereocenters. The molecule has 144 valence electrons. The van der Waals surface area contributed by atoms with Gasteiger partial charge in [0.05, 0.1) is 18.8 Å². The van der Waals surface area contributed by atoms with Crippen LogP contribution in [0.4, 0.5) is 0 Å². The van der Waals surface area contributed by atoms with Crippen molar-refractivity contribution in [3.05, 3.63) is 18.0 Å². The van der Waals surface area contributed by atoms with Gasteiger partial charge in [0.15, 0.2) is 0 Å². The zero-order valence-corrected chi connectivity index (χ0v) is 15.8. The number of carbonyl (C=O) groups is 2. The van der Waals surface area contributed by atoms with E-state index < -0.39 is 6.04 Å². The average Bonchev–Trinajstić information content (AvgIpc) is 3.12. The molecule has 3 rings (SSSR count). The molecule has 2 amide bonds. The van der Waals surface area contributed by atoms with E-state index in [1.54, 1.807) is 15.8 Å². The highest BCUT2D eigenvalue weighted by molar-refractivity contribution is 5.82. The lowest BCUT2D eigenvalue weighted by Crippen LogP contribution is -2.47. The van der Waals surface area contributed by atoms with E-state index in [-0.39, 0.29) is 11.8 Å². The quantitative estimate of drug-likeness (QED) is 0.836. The number of rotatable bonds is 6. The first-order valence-corrected chi connectivity index (χ1v) is 9.70. The van der Waals surface area contributed by atoms with Gasteiger partial charge in [-0.3, -0.25) is 14.3 Å². The van der Waals surface area contributed by atoms with Gasteiger partial charge in [0, 0.05) is 32.4 Å². The summed E-state index contributed by atoms with van der Waals surface area (Å²) in [5.41, 5.74) is 0.917. The van der Waals surface area contributed by atoms with Gasteiger partial charge in [-0.2, -0.15) is 5.10 Å². The van der Waals surface area contributed by atoms with Crippen LogP contribution in [0.3, 0.4) is 0 Å². The fourth-order valence-corrected chi connectivity index (χ4v) is 3.56. The van der Waals surface area contributed by atoms with Gasteiger partial charge >= 0.3 is 0 Å². The standard InChI is InChI=1S/C19H30N4O3/c1-14(2)3-4-18(24)22-12-16-5-8-21-23(16)17(13-22)19(25)20-11-15-6-9-26-10-7-15/h5,8,14-15,17H,3-4,6-7,9-13H2,1-2H3,(H,20,25)/t17-/m1/s1. The number of ether oxygens (including phenoxy) is 1. The molecule has 7 nitrogen and oxygen atoms in total. The second-order valence-corrected chi connectivity index (χ2v) is 7.79. The van der Waals surface area contributed by atoms with E-state index in [9.17, 15) is 9.59 Å². The molecule has 1 saturated heterocycles. The van der Waals surface area contributed by atoms with Crippen molar-refractivity contribution in [3.63, 3.8) is 0 Å². The largest absolute Gasteiger partial charge is 0.381 e. The average molecular weight is 362 g/mol. The summed E-state index contributed by atoms with van der Waals surface area (Å²) in [4.78, 5) is 27.2. The van der Waals surface area contributed by atoms with Gasteiger partial charge in [-0.1, -0.05) is 13.8 Å². The van der Waals surface area contributed by atoms with Crippen LogP contribution in [0, 0.1) is 11.8 Å². The molecule has 0 aliphatic carbocycles. The molecule has 1 N–H and O–H groups in total. The first-order valence-electron chi connectivity index (χ1n) is 9.70. The number of amides is 2. The van der Waals surface area contributed by atoms with Crippen molar-refractivity contribution in [3.8, 4) is 0 Å². The summed E-state index contributed by atoms with van der Waals surface area (Å²) < 4.78 is 7.14. The van der Waals surface area contributed by atoms with E-state index in [1.807, 2.05) is 6.07 Å². The Labute approximate surface area is 155 Å². The third kappa shape index (κ3) is 4.63. The van der Waals surface area contributed by atoms with E-state index in [1.165, 1.54) is 0 Å². The lowest BCUT2D eigenvalue weighted by atomic mass is 10.0. The Morgan fingerprint density at radius 1 is 1.35 bits per heavy atom. The number of nitrogens with zero attached hydrogens (tertiary/aromatic N) is 3. The van der Waals surface area contributed by atoms with Crippen LogP contribution >= 0.6 is 0 Å². The maximum atomic E-state index is 12.8. The number of aromatic nitrogens is 2. The molecular formula is C19H30N4O3. The Balaban J connectivity index is 1.61. The molecule has 0 bridgehead atoms. The van der Waals surface area contributed by atoms with Crippen LogP contribution in [0.15, 0.2) is 12.3 Å². The number of hydrogen-bond acceptors (Lipinski definition) is 4. The molecule has 1 aromatic rings. The maximum absolute atomic E-state index is 12.8. The second kappa shape index (κ2) is 8.66. The molecule has 0 unspecified atom stereocenters. The topological polar surface area (TPSA) is 76.5 Å². The SMILES string of the molecule is CC(C)CCC(=O)N1Cc2ccnn2[C@@H](C(=O)NCC2CCOCC2)C1. The molecule has 7 heteroatoms. The van der Waals surface area contributed by atoms with E-state index in [2.05, 4.69) is 24.3 Å². The zero-order chi connectivity index (χ0) is 18.5. The number of hydrogen-bond donors (Lipinski definition) is 1. The third-order valence-electron chi connectivity index (χ3n) is 5.29. The Morgan fingerprint density at radius 2 is 2.12 bits per heavy atom. The highest BCUT2D eigenvalue weighted by atomic mass is 16.5. The third-order valence-corrected chi connectivity index (χ3v) is 5.29. The van der Waals surface area contributed by atoms with Crippen molar-refractivity contribution in [2.24, 2.45) is 11.8 Å². The zero-order valence-electron chi connectivity index (χ0n) is 15.8. The number of carbonyl (C=O) groups excluding carboxylic acids is 2. The maximum Gasteiger partial charge on any atom is 0.246 e. The van der Waals surface area contributed by atoms with Crippen molar-refractivity contribution >= 4 is 11.8 Å². The lowest BCUT2D eigenvalue weighted by molar-refractivity contribution is -0.135. The highest BCUT2D eigenvalue weighted by Gasteiger charge is 2.33. The fourth-order valence-electron chi connectivity index (χ4n) is 3.56. The van der Waals surface area contributed by atoms with Gasteiger partial charge < -0.3 is 15.0 Å². The Bertz CT molecular complexity index is 622. The summed E-state index contributed by atoms with van der Waals surface area (Å²) in [6.07, 6.45) is 5.07. The van der Waals surface area contributed by atoms with Crippen LogP contribution in [0.2, 0.25) is 0 Å². The summed E-state index contributed by atoms with van der Waals surface area (Å²) in [6, 6.07) is 1.44. The van der Waals surface area contributed by atoms with Gasteiger partial charge in [0.2, 0.25) is 11.8 Å². The molecule has 0 saturated carbocycles. The van der Waals surface area contributed by atoms with Gasteiger partial charge in [-0.05, 0) is 37.2 Å². The Kier molecular flexibility index (Phi) is 6.29. The molecule has 0 aromatic carbocycles. The van der Waals surface area contributed by atoms with Crippen molar-refractivity contribution in [1.29, 1.82) is 0 Å². The van der Waals surface area contributed by atoms with Crippen LogP contribution < -0.4 is 5.32 Å². The second-order valence-electron chi connectivity index (χ2n) is 7.79. The van der Waals surface area contributed by atoms with Gasteiger partial charge in [0.1, 0.15) is 6.04 Å². The summed E-state index contributed by atoms with van der Waals surface area (Å²) >= 11 is 0. The van der Waals surface area contributed by atoms with E-state index >= 15 is 0 Å². The van der Waals surface area contributed by atoms with E-state index in [0.29, 0.717) is 37.9 Å². The van der Waals surface area contributed by atoms with E-state index in [4.69, 9.17) is 4.74 Å². The van der Waals surface area contributed by atoms with Crippen LogP contribution in [-0.2, 0) is 20.9 Å². The van der Waals surface area contributed by atoms with Gasteiger partial charge in [0.25, 0.3) is 0 Å².